The van der Waals surface area contributed by atoms with Gasteiger partial charge in [0.05, 0.1) is 0 Å². The van der Waals surface area contributed by atoms with Gasteiger partial charge in [-0.3, -0.25) is 15.2 Å². The summed E-state index contributed by atoms with van der Waals surface area (Å²) in [7, 11) is 0. The predicted octanol–water partition coefficient (Wildman–Crippen LogP) is 1.05. The number of carboxylic acids is 1. The largest absolute Gasteiger partial charge is 0.480 e. The van der Waals surface area contributed by atoms with Crippen molar-refractivity contribution in [3.05, 3.63) is 0 Å². The summed E-state index contributed by atoms with van der Waals surface area (Å²) in [4.78, 5) is 10.4. The molecule has 0 aromatic carbocycles. The molecular formula is C7H15NO4S. The molecule has 5 nitrogen and oxygen atoms in total. The number of thioether (sulfide) groups is 1. The van der Waals surface area contributed by atoms with Crippen LogP contribution in [0.25, 0.3) is 0 Å². The normalized spacial score (nSPS) is 13.2. The van der Waals surface area contributed by atoms with Crippen molar-refractivity contribution in [1.82, 2.24) is 5.23 Å². The van der Waals surface area contributed by atoms with Crippen molar-refractivity contribution in [2.45, 2.75) is 25.3 Å². The van der Waals surface area contributed by atoms with E-state index in [9.17, 15) is 4.79 Å². The molecule has 0 fully saturated rings. The van der Waals surface area contributed by atoms with Crippen LogP contribution in [0.2, 0.25) is 0 Å². The van der Waals surface area contributed by atoms with Gasteiger partial charge in [0, 0.05) is 0 Å². The van der Waals surface area contributed by atoms with Gasteiger partial charge in [0.15, 0.2) is 6.04 Å². The molecule has 0 amide bonds. The van der Waals surface area contributed by atoms with Crippen LogP contribution in [0, 0.1) is 0 Å². The minimum Gasteiger partial charge on any atom is -0.480 e. The quantitative estimate of drug-likeness (QED) is 0.429. The van der Waals surface area contributed by atoms with Gasteiger partial charge in [-0.05, 0) is 24.9 Å². The van der Waals surface area contributed by atoms with Crippen molar-refractivity contribution in [2.75, 3.05) is 12.0 Å². The van der Waals surface area contributed by atoms with Crippen LogP contribution in [-0.4, -0.2) is 44.8 Å². The van der Waals surface area contributed by atoms with E-state index in [4.69, 9.17) is 15.5 Å². The molecule has 0 heterocycles. The Morgan fingerprint density at radius 1 is 1.46 bits per heavy atom. The van der Waals surface area contributed by atoms with Crippen LogP contribution < -0.4 is 0 Å². The van der Waals surface area contributed by atoms with Crippen molar-refractivity contribution in [2.24, 2.45) is 0 Å². The molecule has 78 valence electrons. The monoisotopic (exact) mass is 209 g/mol. The van der Waals surface area contributed by atoms with Crippen LogP contribution in [-0.2, 0) is 4.79 Å². The minimum absolute atomic E-state index is 0.235. The van der Waals surface area contributed by atoms with Gasteiger partial charge in [-0.2, -0.15) is 11.8 Å². The summed E-state index contributed by atoms with van der Waals surface area (Å²) in [6, 6.07) is -1.21. The van der Waals surface area contributed by atoms with Crippen molar-refractivity contribution >= 4 is 17.7 Å². The number of unbranched alkanes of at least 4 members (excludes halogenated alkanes) is 1. The van der Waals surface area contributed by atoms with Crippen molar-refractivity contribution in [3.63, 3.8) is 0 Å². The molecule has 0 radical (unpaired) electrons. The van der Waals surface area contributed by atoms with Crippen LogP contribution in [0.1, 0.15) is 19.3 Å². The summed E-state index contributed by atoms with van der Waals surface area (Å²) >= 11 is 1.68. The number of aliphatic carboxylic acids is 1. The van der Waals surface area contributed by atoms with E-state index in [1.165, 1.54) is 0 Å². The molecule has 0 spiro atoms. The van der Waals surface area contributed by atoms with E-state index in [0.29, 0.717) is 6.42 Å². The third-order valence-electron chi connectivity index (χ3n) is 1.64. The first-order valence-electron chi connectivity index (χ1n) is 3.98. The molecule has 3 N–H and O–H groups in total. The molecule has 0 saturated heterocycles. The van der Waals surface area contributed by atoms with Crippen LogP contribution in [0.15, 0.2) is 0 Å². The number of hydroxylamine groups is 2. The highest BCUT2D eigenvalue weighted by atomic mass is 32.2. The second-order valence-electron chi connectivity index (χ2n) is 2.66. The lowest BCUT2D eigenvalue weighted by atomic mass is 10.1. The van der Waals surface area contributed by atoms with E-state index in [-0.39, 0.29) is 11.6 Å². The van der Waals surface area contributed by atoms with Gasteiger partial charge < -0.3 is 5.11 Å². The van der Waals surface area contributed by atoms with E-state index in [0.717, 1.165) is 12.2 Å². The zero-order valence-corrected chi connectivity index (χ0v) is 8.33. The van der Waals surface area contributed by atoms with Gasteiger partial charge in [0.2, 0.25) is 0 Å². The lowest BCUT2D eigenvalue weighted by molar-refractivity contribution is -0.328. The summed E-state index contributed by atoms with van der Waals surface area (Å²) in [6.07, 6.45) is 3.79. The van der Waals surface area contributed by atoms with Gasteiger partial charge >= 0.3 is 5.97 Å². The van der Waals surface area contributed by atoms with Gasteiger partial charge in [0.1, 0.15) is 0 Å². The molecule has 1 atom stereocenters. The van der Waals surface area contributed by atoms with E-state index in [1.54, 1.807) is 11.8 Å². The Morgan fingerprint density at radius 2 is 2.08 bits per heavy atom. The summed E-state index contributed by atoms with van der Waals surface area (Å²) in [5, 5.41) is 25.4. The molecule has 0 bridgehead atoms. The number of hydrogen-bond acceptors (Lipinski definition) is 5. The maximum atomic E-state index is 10.4. The minimum atomic E-state index is -1.21. The Labute approximate surface area is 81.3 Å². The van der Waals surface area contributed by atoms with E-state index in [2.05, 4.69) is 0 Å². The smallest absolute Gasteiger partial charge is 0.325 e. The Bertz CT molecular complexity index is 153. The SMILES string of the molecule is CSCCCCC(C(=O)O)N(O)O. The van der Waals surface area contributed by atoms with Crippen molar-refractivity contribution in [3.8, 4) is 0 Å². The van der Waals surface area contributed by atoms with Gasteiger partial charge in [-0.25, -0.2) is 0 Å². The molecule has 1 unspecified atom stereocenters. The lowest BCUT2D eigenvalue weighted by Gasteiger charge is -2.15. The fraction of sp³-hybridized carbons (Fsp3) is 0.857. The third kappa shape index (κ3) is 5.87. The fourth-order valence-electron chi connectivity index (χ4n) is 0.922. The van der Waals surface area contributed by atoms with Crippen LogP contribution in [0.3, 0.4) is 0 Å². The molecule has 0 aliphatic heterocycles. The van der Waals surface area contributed by atoms with E-state index < -0.39 is 12.0 Å². The van der Waals surface area contributed by atoms with E-state index >= 15 is 0 Å². The number of hydrogen-bond donors (Lipinski definition) is 3. The molecule has 13 heavy (non-hydrogen) atoms. The second kappa shape index (κ2) is 7.14. The zero-order valence-electron chi connectivity index (χ0n) is 7.51. The average molecular weight is 209 g/mol. The zero-order chi connectivity index (χ0) is 10.3. The van der Waals surface area contributed by atoms with Gasteiger partial charge in [-0.15, -0.1) is 0 Å². The Kier molecular flexibility index (Phi) is 6.97. The number of carbonyl (C=O) groups is 1. The van der Waals surface area contributed by atoms with Gasteiger partial charge in [0.25, 0.3) is 0 Å². The highest BCUT2D eigenvalue weighted by Gasteiger charge is 2.22. The van der Waals surface area contributed by atoms with Crippen LogP contribution in [0.5, 0.6) is 0 Å². The summed E-state index contributed by atoms with van der Waals surface area (Å²) < 4.78 is 0. The van der Waals surface area contributed by atoms with Crippen molar-refractivity contribution < 1.29 is 20.3 Å². The summed E-state index contributed by atoms with van der Waals surface area (Å²) in [6.45, 7) is 0. The van der Waals surface area contributed by atoms with Gasteiger partial charge in [-0.1, -0.05) is 11.6 Å². The average Bonchev–Trinajstić information content (AvgIpc) is 2.02. The van der Waals surface area contributed by atoms with Crippen LogP contribution >= 0.6 is 11.8 Å². The number of carboxylic acid groups (broad SMARTS) is 1. The molecule has 0 aliphatic carbocycles. The topological polar surface area (TPSA) is 81.0 Å². The second-order valence-corrected chi connectivity index (χ2v) is 3.65. The lowest BCUT2D eigenvalue weighted by Crippen LogP contribution is -2.36. The standard InChI is InChI=1S/C7H15NO4S/c1-13-5-3-2-4-6(7(9)10)8(11)12/h6,11-12H,2-5H2,1H3,(H,9,10). The maximum absolute atomic E-state index is 10.4. The highest BCUT2D eigenvalue weighted by Crippen LogP contribution is 2.08. The third-order valence-corrected chi connectivity index (χ3v) is 2.34. The molecule has 0 aromatic heterocycles. The van der Waals surface area contributed by atoms with Crippen molar-refractivity contribution in [1.29, 1.82) is 0 Å². The summed E-state index contributed by atoms with van der Waals surface area (Å²) in [5.74, 6) is -0.252. The molecule has 0 aliphatic rings. The first-order valence-corrected chi connectivity index (χ1v) is 5.37. The first kappa shape index (κ1) is 12.7. The number of rotatable bonds is 7. The Morgan fingerprint density at radius 3 is 2.46 bits per heavy atom. The molecule has 0 saturated carbocycles. The summed E-state index contributed by atoms with van der Waals surface area (Å²) in [5.41, 5.74) is 0. The molecule has 6 heteroatoms. The molecule has 0 rings (SSSR count). The Hall–Kier alpha value is -0.300. The maximum Gasteiger partial charge on any atom is 0.325 e. The highest BCUT2D eigenvalue weighted by molar-refractivity contribution is 7.98. The Balaban J connectivity index is 3.64. The predicted molar refractivity (Wildman–Crippen MR) is 49.1 cm³/mol. The molecule has 0 aromatic rings. The fourth-order valence-corrected chi connectivity index (χ4v) is 1.41. The van der Waals surface area contributed by atoms with Crippen LogP contribution in [0.4, 0.5) is 0 Å². The number of nitrogens with zero attached hydrogens (tertiary/aromatic N) is 1. The van der Waals surface area contributed by atoms with E-state index in [1.807, 2.05) is 6.26 Å². The first-order chi connectivity index (χ1) is 6.09. The molecular weight excluding hydrogens is 194 g/mol.